The molecule has 1 N–H and O–H groups in total. The Kier molecular flexibility index (Phi) is 4.23. The summed E-state index contributed by atoms with van der Waals surface area (Å²) >= 11 is 0. The first-order chi connectivity index (χ1) is 15.2. The van der Waals surface area contributed by atoms with Gasteiger partial charge in [-0.3, -0.25) is 0 Å². The number of nitrogens with zero attached hydrogens (tertiary/aromatic N) is 3. The highest BCUT2D eigenvalue weighted by atomic mass is 19.2. The van der Waals surface area contributed by atoms with Gasteiger partial charge in [0.25, 0.3) is 0 Å². The highest BCUT2D eigenvalue weighted by Crippen LogP contribution is 2.33. The van der Waals surface area contributed by atoms with Gasteiger partial charge in [-0.1, -0.05) is 4.48 Å². The Labute approximate surface area is 171 Å². The number of hydrogen-bond acceptors (Lipinski definition) is 2. The van der Waals surface area contributed by atoms with Crippen molar-refractivity contribution in [3.8, 4) is 0 Å². The third-order valence-corrected chi connectivity index (χ3v) is 4.82. The first-order valence-corrected chi connectivity index (χ1v) is 8.73. The zero-order valence-electron chi connectivity index (χ0n) is 15.3. The Morgan fingerprint density at radius 2 is 1.16 bits per heavy atom. The lowest BCUT2D eigenvalue weighted by atomic mass is 10.3. The summed E-state index contributed by atoms with van der Waals surface area (Å²) in [6.45, 7) is 0. The fourth-order valence-electron chi connectivity index (χ4n) is 3.29. The highest BCUT2D eigenvalue weighted by Gasteiger charge is 2.28. The maximum Gasteiger partial charge on any atom is 0.190 e. The van der Waals surface area contributed by atoms with Crippen molar-refractivity contribution >= 4 is 46.1 Å². The monoisotopic (exact) mass is 454 g/mol. The summed E-state index contributed by atoms with van der Waals surface area (Å²) in [4.78, 5) is 8.21. The van der Waals surface area contributed by atoms with Crippen LogP contribution in [0, 0.1) is 34.9 Å². The summed E-state index contributed by atoms with van der Waals surface area (Å²) in [5.74, 6) is -12.0. The van der Waals surface area contributed by atoms with E-state index in [-0.39, 0.29) is 11.0 Å². The van der Waals surface area contributed by atoms with Crippen LogP contribution in [0.5, 0.6) is 0 Å². The average Bonchev–Trinajstić information content (AvgIpc) is 3.53. The largest absolute Gasteiger partial charge is 0.351 e. The van der Waals surface area contributed by atoms with Crippen LogP contribution in [-0.4, -0.2) is 19.7 Å². The third kappa shape index (κ3) is 2.68. The summed E-state index contributed by atoms with van der Waals surface area (Å²) in [6.07, 6.45) is 2.21. The first-order valence-electron chi connectivity index (χ1n) is 8.73. The van der Waals surface area contributed by atoms with Crippen molar-refractivity contribution in [2.45, 2.75) is 0 Å². The van der Waals surface area contributed by atoms with Gasteiger partial charge < -0.3 is 4.98 Å². The fourth-order valence-corrected chi connectivity index (χ4v) is 3.29. The van der Waals surface area contributed by atoms with E-state index in [0.717, 1.165) is 24.3 Å². The van der Waals surface area contributed by atoms with Crippen LogP contribution >= 0.6 is 0 Å². The number of rotatable bonds is 0. The molecular formula is C20H6F8N4. The lowest BCUT2D eigenvalue weighted by molar-refractivity contribution is 0.388. The number of aromatic amines is 1. The molecule has 0 atom stereocenters. The number of fused-ring (bicyclic) bond motifs is 8. The van der Waals surface area contributed by atoms with Crippen LogP contribution in [0.25, 0.3) is 46.1 Å². The van der Waals surface area contributed by atoms with Crippen LogP contribution in [0.1, 0.15) is 22.8 Å². The second-order valence-corrected chi connectivity index (χ2v) is 6.70. The molecule has 5 heterocycles. The number of nitrogens with one attached hydrogen (secondary N) is 1. The molecule has 0 saturated carbocycles. The Balaban J connectivity index is 2.07. The van der Waals surface area contributed by atoms with Gasteiger partial charge in [0.1, 0.15) is 22.8 Å². The molecule has 0 aromatic carbocycles. The lowest BCUT2D eigenvalue weighted by Gasteiger charge is -1.96. The van der Waals surface area contributed by atoms with Gasteiger partial charge >= 0.3 is 0 Å². The normalized spacial score (nSPS) is 13.1. The molecule has 2 aliphatic heterocycles. The van der Waals surface area contributed by atoms with E-state index in [1.807, 2.05) is 0 Å². The highest BCUT2D eigenvalue weighted by molar-refractivity contribution is 5.82. The first kappa shape index (κ1) is 20.0. The summed E-state index contributed by atoms with van der Waals surface area (Å²) < 4.78 is 117. The van der Waals surface area contributed by atoms with E-state index in [9.17, 15) is 35.2 Å². The molecule has 4 nitrogen and oxygen atoms in total. The SMILES string of the molecule is FC1=Cc2nc1c(F)c1c(F)c(F)c(c(F)c3nc(c(F)c4ccc([nH]4)c2F)C=C3)n1F. The molecule has 0 aliphatic carbocycles. The molecule has 0 saturated heterocycles. The quantitative estimate of drug-likeness (QED) is 0.332. The van der Waals surface area contributed by atoms with E-state index < -0.39 is 79.3 Å². The number of H-pyrrole nitrogens is 1. The van der Waals surface area contributed by atoms with Crippen molar-refractivity contribution in [2.75, 3.05) is 0 Å². The van der Waals surface area contributed by atoms with Crippen molar-refractivity contribution in [1.29, 1.82) is 0 Å². The minimum atomic E-state index is -2.19. The van der Waals surface area contributed by atoms with Gasteiger partial charge in [-0.2, -0.15) is 4.79 Å². The van der Waals surface area contributed by atoms with E-state index in [4.69, 9.17) is 0 Å². The standard InChI is InChI=1S/C20H6F8N4/c21-6-5-11-13(23)9-2-1-7(29-9)12(22)8-3-4-10(30-8)14(24)19-15(25)16(26)20(32(19)28)17(27)18(6)31-11/h1-5,29H. The van der Waals surface area contributed by atoms with Crippen LogP contribution in [0.4, 0.5) is 35.2 Å². The third-order valence-electron chi connectivity index (χ3n) is 4.82. The Bertz CT molecular complexity index is 1560. The van der Waals surface area contributed by atoms with E-state index in [0.29, 0.717) is 6.08 Å². The molecule has 162 valence electrons. The minimum absolute atomic E-state index is 0.314. The van der Waals surface area contributed by atoms with Crippen molar-refractivity contribution in [1.82, 2.24) is 19.7 Å². The molecule has 3 aromatic heterocycles. The fraction of sp³-hybridized carbons (Fsp3) is 0. The topological polar surface area (TPSA) is 46.5 Å². The Morgan fingerprint density at radius 3 is 1.78 bits per heavy atom. The van der Waals surface area contributed by atoms with Gasteiger partial charge in [-0.25, -0.2) is 40.7 Å². The Morgan fingerprint density at radius 1 is 0.625 bits per heavy atom. The predicted molar refractivity (Wildman–Crippen MR) is 98.8 cm³/mol. The zero-order valence-corrected chi connectivity index (χ0v) is 15.3. The number of halogens is 8. The summed E-state index contributed by atoms with van der Waals surface area (Å²) in [5, 5.41) is 0. The van der Waals surface area contributed by atoms with Crippen molar-refractivity contribution in [2.24, 2.45) is 0 Å². The second kappa shape index (κ2) is 6.77. The molecule has 12 heteroatoms. The van der Waals surface area contributed by atoms with Crippen LogP contribution in [-0.2, 0) is 0 Å². The Hall–Kier alpha value is -3.96. The molecule has 5 rings (SSSR count). The average molecular weight is 454 g/mol. The smallest absolute Gasteiger partial charge is 0.190 e. The molecular weight excluding hydrogens is 448 g/mol. The predicted octanol–water partition coefficient (Wildman–Crippen LogP) is 5.99. The summed E-state index contributed by atoms with van der Waals surface area (Å²) in [6, 6.07) is 2.16. The molecule has 0 unspecified atom stereocenters. The van der Waals surface area contributed by atoms with Gasteiger partial charge in [-0.15, -0.1) is 0 Å². The maximum absolute atomic E-state index is 14.8. The van der Waals surface area contributed by atoms with Crippen LogP contribution in [0.15, 0.2) is 12.1 Å². The molecule has 0 fully saturated rings. The molecule has 32 heavy (non-hydrogen) atoms. The van der Waals surface area contributed by atoms with Crippen LogP contribution < -0.4 is 0 Å². The van der Waals surface area contributed by atoms with Crippen LogP contribution in [0.2, 0.25) is 0 Å². The van der Waals surface area contributed by atoms with Gasteiger partial charge in [-0.05, 0) is 24.3 Å². The van der Waals surface area contributed by atoms with Gasteiger partial charge in [0.2, 0.25) is 0 Å². The molecule has 8 bridgehead atoms. The summed E-state index contributed by atoms with van der Waals surface area (Å²) in [7, 11) is 0. The van der Waals surface area contributed by atoms with E-state index in [1.54, 1.807) is 0 Å². The van der Waals surface area contributed by atoms with Crippen molar-refractivity contribution in [3.05, 3.63) is 69.8 Å². The van der Waals surface area contributed by atoms with E-state index >= 15 is 0 Å². The number of hydrogen-bond donors (Lipinski definition) is 1. The van der Waals surface area contributed by atoms with Gasteiger partial charge in [0, 0.05) is 6.08 Å². The zero-order chi connectivity index (χ0) is 22.9. The van der Waals surface area contributed by atoms with E-state index in [2.05, 4.69) is 15.0 Å². The molecule has 3 aromatic rings. The number of aromatic nitrogens is 4. The van der Waals surface area contributed by atoms with Crippen LogP contribution in [0.3, 0.4) is 0 Å². The van der Waals surface area contributed by atoms with Gasteiger partial charge in [0.05, 0.1) is 11.0 Å². The lowest BCUT2D eigenvalue weighted by Crippen LogP contribution is -1.93. The molecule has 0 radical (unpaired) electrons. The molecule has 0 amide bonds. The van der Waals surface area contributed by atoms with Gasteiger partial charge in [0.15, 0.2) is 51.8 Å². The second-order valence-electron chi connectivity index (χ2n) is 6.70. The van der Waals surface area contributed by atoms with E-state index in [1.165, 1.54) is 0 Å². The van der Waals surface area contributed by atoms with Crippen molar-refractivity contribution < 1.29 is 35.2 Å². The maximum atomic E-state index is 14.8. The summed E-state index contributed by atoms with van der Waals surface area (Å²) in [5.41, 5.74) is -7.64. The molecule has 2 aliphatic rings. The molecule has 0 spiro atoms. The van der Waals surface area contributed by atoms with Crippen molar-refractivity contribution in [3.63, 3.8) is 0 Å². The minimum Gasteiger partial charge on any atom is -0.351 e.